The number of likely N-dealkylation sites (N-methyl/N-ethyl adjacent to an activating group) is 1. The molecule has 3 nitrogen and oxygen atoms in total. The number of hydrogen-bond acceptors (Lipinski definition) is 2. The molecular weight excluding hydrogens is 226 g/mol. The monoisotopic (exact) mass is 242 g/mol. The third kappa shape index (κ3) is 3.49. The largest absolute Gasteiger partial charge is 0.340 e. The van der Waals surface area contributed by atoms with E-state index in [9.17, 15) is 13.6 Å². The molecule has 1 unspecified atom stereocenters. The molecule has 0 spiro atoms. The Morgan fingerprint density at radius 1 is 1.47 bits per heavy atom. The fraction of sp³-hybridized carbons (Fsp3) is 0.417. The minimum Gasteiger partial charge on any atom is -0.340 e. The van der Waals surface area contributed by atoms with Crippen LogP contribution in [0.15, 0.2) is 18.2 Å². The SMILES string of the molecule is CCC(N)C(=O)N(C)Cc1ccc(F)cc1F. The van der Waals surface area contributed by atoms with Crippen LogP contribution in [0.4, 0.5) is 8.78 Å². The highest BCUT2D eigenvalue weighted by molar-refractivity contribution is 5.81. The summed E-state index contributed by atoms with van der Waals surface area (Å²) in [4.78, 5) is 13.0. The normalized spacial score (nSPS) is 12.3. The number of amides is 1. The van der Waals surface area contributed by atoms with E-state index in [1.807, 2.05) is 0 Å². The van der Waals surface area contributed by atoms with Crippen molar-refractivity contribution in [1.29, 1.82) is 0 Å². The van der Waals surface area contributed by atoms with Crippen LogP contribution in [-0.4, -0.2) is 23.9 Å². The maximum atomic E-state index is 13.3. The topological polar surface area (TPSA) is 46.3 Å². The molecule has 1 aromatic rings. The smallest absolute Gasteiger partial charge is 0.239 e. The number of carbonyl (C=O) groups is 1. The number of benzene rings is 1. The molecule has 1 aromatic carbocycles. The van der Waals surface area contributed by atoms with Crippen LogP contribution in [-0.2, 0) is 11.3 Å². The molecule has 0 aliphatic rings. The highest BCUT2D eigenvalue weighted by atomic mass is 19.1. The van der Waals surface area contributed by atoms with Gasteiger partial charge in [0.25, 0.3) is 0 Å². The van der Waals surface area contributed by atoms with E-state index in [2.05, 4.69) is 0 Å². The third-order valence-corrected chi connectivity index (χ3v) is 2.56. The summed E-state index contributed by atoms with van der Waals surface area (Å²) in [7, 11) is 1.54. The zero-order valence-corrected chi connectivity index (χ0v) is 9.91. The summed E-state index contributed by atoms with van der Waals surface area (Å²) in [5, 5.41) is 0. The predicted molar refractivity (Wildman–Crippen MR) is 61.1 cm³/mol. The average Bonchev–Trinajstić information content (AvgIpc) is 2.30. The van der Waals surface area contributed by atoms with Crippen LogP contribution in [0.25, 0.3) is 0 Å². The van der Waals surface area contributed by atoms with Crippen molar-refractivity contribution in [2.75, 3.05) is 7.05 Å². The highest BCUT2D eigenvalue weighted by Gasteiger charge is 2.17. The van der Waals surface area contributed by atoms with Crippen LogP contribution in [0, 0.1) is 11.6 Å². The lowest BCUT2D eigenvalue weighted by Gasteiger charge is -2.20. The molecule has 0 saturated heterocycles. The van der Waals surface area contributed by atoms with Gasteiger partial charge in [-0.05, 0) is 12.5 Å². The molecule has 17 heavy (non-hydrogen) atoms. The molecule has 0 aliphatic heterocycles. The number of nitrogens with zero attached hydrogens (tertiary/aromatic N) is 1. The van der Waals surface area contributed by atoms with Crippen LogP contribution in [0.1, 0.15) is 18.9 Å². The quantitative estimate of drug-likeness (QED) is 0.872. The van der Waals surface area contributed by atoms with Crippen LogP contribution >= 0.6 is 0 Å². The zero-order chi connectivity index (χ0) is 13.0. The van der Waals surface area contributed by atoms with Crippen molar-refractivity contribution >= 4 is 5.91 Å². The first-order chi connectivity index (χ1) is 7.95. The van der Waals surface area contributed by atoms with E-state index in [1.54, 1.807) is 14.0 Å². The Bertz CT molecular complexity index is 409. The van der Waals surface area contributed by atoms with Gasteiger partial charge < -0.3 is 10.6 Å². The van der Waals surface area contributed by atoms with Gasteiger partial charge in [-0.2, -0.15) is 0 Å². The molecule has 94 valence electrons. The van der Waals surface area contributed by atoms with Gasteiger partial charge in [-0.25, -0.2) is 8.78 Å². The summed E-state index contributed by atoms with van der Waals surface area (Å²) >= 11 is 0. The zero-order valence-electron chi connectivity index (χ0n) is 9.91. The van der Waals surface area contributed by atoms with Crippen molar-refractivity contribution in [3.63, 3.8) is 0 Å². The second-order valence-corrected chi connectivity index (χ2v) is 3.94. The van der Waals surface area contributed by atoms with Crippen molar-refractivity contribution in [1.82, 2.24) is 4.90 Å². The van der Waals surface area contributed by atoms with Crippen LogP contribution in [0.3, 0.4) is 0 Å². The standard InChI is InChI=1S/C12H16F2N2O/c1-3-11(15)12(17)16(2)7-8-4-5-9(13)6-10(8)14/h4-6,11H,3,7,15H2,1-2H3. The molecule has 2 N–H and O–H groups in total. The molecule has 1 atom stereocenters. The molecule has 0 aromatic heterocycles. The first-order valence-corrected chi connectivity index (χ1v) is 5.40. The Labute approximate surface area is 99.2 Å². The lowest BCUT2D eigenvalue weighted by Crippen LogP contribution is -2.41. The fourth-order valence-corrected chi connectivity index (χ4v) is 1.44. The Kier molecular flexibility index (Phi) is 4.57. The molecule has 5 heteroatoms. The first kappa shape index (κ1) is 13.6. The van der Waals surface area contributed by atoms with E-state index in [1.165, 1.54) is 11.0 Å². The van der Waals surface area contributed by atoms with Gasteiger partial charge in [0, 0.05) is 25.2 Å². The van der Waals surface area contributed by atoms with E-state index in [0.29, 0.717) is 6.42 Å². The molecular formula is C12H16F2N2O. The summed E-state index contributed by atoms with van der Waals surface area (Å²) in [6.45, 7) is 1.88. The fourth-order valence-electron chi connectivity index (χ4n) is 1.44. The number of rotatable bonds is 4. The van der Waals surface area contributed by atoms with Crippen LogP contribution < -0.4 is 5.73 Å². The lowest BCUT2D eigenvalue weighted by molar-refractivity contribution is -0.131. The third-order valence-electron chi connectivity index (χ3n) is 2.56. The van der Waals surface area contributed by atoms with Gasteiger partial charge >= 0.3 is 0 Å². The average molecular weight is 242 g/mol. The van der Waals surface area contributed by atoms with E-state index in [0.717, 1.165) is 12.1 Å². The molecule has 0 bridgehead atoms. The number of carbonyl (C=O) groups excluding carboxylic acids is 1. The molecule has 1 amide bonds. The van der Waals surface area contributed by atoms with Gasteiger partial charge in [-0.1, -0.05) is 13.0 Å². The van der Waals surface area contributed by atoms with Gasteiger partial charge in [0.2, 0.25) is 5.91 Å². The number of nitrogens with two attached hydrogens (primary N) is 1. The van der Waals surface area contributed by atoms with E-state index in [-0.39, 0.29) is 18.0 Å². The van der Waals surface area contributed by atoms with Crippen molar-refractivity contribution in [3.8, 4) is 0 Å². The predicted octanol–water partition coefficient (Wildman–Crippen LogP) is 1.66. The van der Waals surface area contributed by atoms with Gasteiger partial charge in [0.05, 0.1) is 6.04 Å². The van der Waals surface area contributed by atoms with E-state index in [4.69, 9.17) is 5.73 Å². The molecule has 0 saturated carbocycles. The number of hydrogen-bond donors (Lipinski definition) is 1. The summed E-state index contributed by atoms with van der Waals surface area (Å²) < 4.78 is 26.0. The maximum Gasteiger partial charge on any atom is 0.239 e. The second kappa shape index (κ2) is 5.72. The summed E-state index contributed by atoms with van der Waals surface area (Å²) in [6, 6.07) is 2.71. The summed E-state index contributed by atoms with van der Waals surface area (Å²) in [5.74, 6) is -1.54. The molecule has 1 rings (SSSR count). The van der Waals surface area contributed by atoms with Gasteiger partial charge in [-0.3, -0.25) is 4.79 Å². The van der Waals surface area contributed by atoms with Gasteiger partial charge in [-0.15, -0.1) is 0 Å². The van der Waals surface area contributed by atoms with Gasteiger partial charge in [0.1, 0.15) is 11.6 Å². The maximum absolute atomic E-state index is 13.3. The van der Waals surface area contributed by atoms with E-state index < -0.39 is 17.7 Å². The Balaban J connectivity index is 2.74. The van der Waals surface area contributed by atoms with Crippen molar-refractivity contribution in [3.05, 3.63) is 35.4 Å². The van der Waals surface area contributed by atoms with Crippen molar-refractivity contribution in [2.45, 2.75) is 25.9 Å². The summed E-state index contributed by atoms with van der Waals surface area (Å²) in [5.41, 5.74) is 5.86. The lowest BCUT2D eigenvalue weighted by atomic mass is 10.1. The molecule has 0 radical (unpaired) electrons. The highest BCUT2D eigenvalue weighted by Crippen LogP contribution is 2.12. The Hall–Kier alpha value is -1.49. The molecule has 0 heterocycles. The summed E-state index contributed by atoms with van der Waals surface area (Å²) in [6.07, 6.45) is 0.523. The van der Waals surface area contributed by atoms with Crippen LogP contribution in [0.5, 0.6) is 0 Å². The second-order valence-electron chi connectivity index (χ2n) is 3.94. The minimum absolute atomic E-state index is 0.0820. The van der Waals surface area contributed by atoms with Gasteiger partial charge in [0.15, 0.2) is 0 Å². The van der Waals surface area contributed by atoms with Crippen molar-refractivity contribution < 1.29 is 13.6 Å². The minimum atomic E-state index is -0.658. The Morgan fingerprint density at radius 3 is 2.65 bits per heavy atom. The van der Waals surface area contributed by atoms with Crippen molar-refractivity contribution in [2.24, 2.45) is 5.73 Å². The molecule has 0 aliphatic carbocycles. The van der Waals surface area contributed by atoms with Crippen LogP contribution in [0.2, 0.25) is 0 Å². The molecule has 0 fully saturated rings. The number of halogens is 2. The first-order valence-electron chi connectivity index (χ1n) is 5.40. The van der Waals surface area contributed by atoms with E-state index >= 15 is 0 Å². The Morgan fingerprint density at radius 2 is 2.12 bits per heavy atom.